The molecule has 102 valence electrons. The van der Waals surface area contributed by atoms with Crippen molar-refractivity contribution in [3.05, 3.63) is 0 Å². The van der Waals surface area contributed by atoms with Crippen LogP contribution in [0.2, 0.25) is 0 Å². The molecule has 0 aromatic heterocycles. The van der Waals surface area contributed by atoms with Gasteiger partial charge in [0.1, 0.15) is 0 Å². The normalized spacial score (nSPS) is 22.8. The van der Waals surface area contributed by atoms with Crippen LogP contribution in [0.4, 0.5) is 0 Å². The second-order valence-corrected chi connectivity index (χ2v) is 5.68. The molecule has 0 spiro atoms. The fourth-order valence-corrected chi connectivity index (χ4v) is 3.31. The van der Waals surface area contributed by atoms with Gasteiger partial charge in [0.25, 0.3) is 0 Å². The first-order valence-corrected chi connectivity index (χ1v) is 7.45. The molecule has 2 nitrogen and oxygen atoms in total. The van der Waals surface area contributed by atoms with Gasteiger partial charge in [-0.1, -0.05) is 39.0 Å². The van der Waals surface area contributed by atoms with Gasteiger partial charge in [-0.15, -0.1) is 0 Å². The monoisotopic (exact) mass is 241 g/mol. The number of hydrogen-bond acceptors (Lipinski definition) is 2. The zero-order chi connectivity index (χ0) is 12.5. The highest BCUT2D eigenvalue weighted by Gasteiger charge is 2.25. The molecule has 1 fully saturated rings. The minimum atomic E-state index is 0.684. The van der Waals surface area contributed by atoms with E-state index >= 15 is 0 Å². The lowest BCUT2D eigenvalue weighted by atomic mass is 9.80. The van der Waals surface area contributed by atoms with Gasteiger partial charge >= 0.3 is 0 Å². The average Bonchev–Trinajstić information content (AvgIpc) is 2.29. The quantitative estimate of drug-likeness (QED) is 0.767. The Balaban J connectivity index is 2.44. The molecule has 0 radical (unpaired) electrons. The summed E-state index contributed by atoms with van der Waals surface area (Å²) in [7, 11) is 3.93. The number of methoxy groups -OCH3 is 1. The molecular weight excluding hydrogens is 210 g/mol. The molecule has 1 aliphatic rings. The third-order valence-electron chi connectivity index (χ3n) is 4.38. The van der Waals surface area contributed by atoms with E-state index in [2.05, 4.69) is 19.3 Å². The maximum atomic E-state index is 5.21. The molecule has 17 heavy (non-hydrogen) atoms. The molecule has 1 saturated carbocycles. The van der Waals surface area contributed by atoms with E-state index in [4.69, 9.17) is 4.74 Å². The predicted octanol–water partition coefficient (Wildman–Crippen LogP) is 3.61. The Morgan fingerprint density at radius 3 is 2.24 bits per heavy atom. The van der Waals surface area contributed by atoms with E-state index in [0.717, 1.165) is 18.4 Å². The third kappa shape index (κ3) is 5.39. The average molecular weight is 241 g/mol. The maximum Gasteiger partial charge on any atom is 0.0465 e. The van der Waals surface area contributed by atoms with Crippen LogP contribution in [0.15, 0.2) is 0 Å². The van der Waals surface area contributed by atoms with Gasteiger partial charge in [0.2, 0.25) is 0 Å². The molecule has 2 atom stereocenters. The van der Waals surface area contributed by atoms with Crippen LogP contribution in [-0.4, -0.2) is 26.8 Å². The SMILES string of the molecule is CNC(C(C)CCOC)C1CCCCCCC1. The van der Waals surface area contributed by atoms with Crippen LogP contribution >= 0.6 is 0 Å². The Kier molecular flexibility index (Phi) is 7.87. The highest BCUT2D eigenvalue weighted by Crippen LogP contribution is 2.28. The van der Waals surface area contributed by atoms with Gasteiger partial charge in [-0.2, -0.15) is 0 Å². The van der Waals surface area contributed by atoms with Crippen molar-refractivity contribution < 1.29 is 4.74 Å². The van der Waals surface area contributed by atoms with E-state index in [1.54, 1.807) is 7.11 Å². The minimum absolute atomic E-state index is 0.684. The molecule has 0 aliphatic heterocycles. The maximum absolute atomic E-state index is 5.21. The first kappa shape index (κ1) is 15.0. The van der Waals surface area contributed by atoms with Gasteiger partial charge in [0.15, 0.2) is 0 Å². The van der Waals surface area contributed by atoms with Crippen LogP contribution < -0.4 is 5.32 Å². The lowest BCUT2D eigenvalue weighted by Crippen LogP contribution is -2.40. The van der Waals surface area contributed by atoms with E-state index in [1.807, 2.05) is 0 Å². The molecule has 2 unspecified atom stereocenters. The molecule has 1 rings (SSSR count). The van der Waals surface area contributed by atoms with E-state index < -0.39 is 0 Å². The number of nitrogens with one attached hydrogen (secondary N) is 1. The summed E-state index contributed by atoms with van der Waals surface area (Å²) >= 11 is 0. The second-order valence-electron chi connectivity index (χ2n) is 5.68. The molecule has 0 bridgehead atoms. The Bertz CT molecular complexity index is 176. The van der Waals surface area contributed by atoms with Crippen LogP contribution in [0.1, 0.15) is 58.3 Å². The minimum Gasteiger partial charge on any atom is -0.385 e. The fraction of sp³-hybridized carbons (Fsp3) is 1.00. The number of hydrogen-bond donors (Lipinski definition) is 1. The zero-order valence-electron chi connectivity index (χ0n) is 12.0. The van der Waals surface area contributed by atoms with Crippen LogP contribution in [0.3, 0.4) is 0 Å². The van der Waals surface area contributed by atoms with Crippen LogP contribution in [0.25, 0.3) is 0 Å². The van der Waals surface area contributed by atoms with E-state index in [1.165, 1.54) is 51.4 Å². The molecule has 0 amide bonds. The van der Waals surface area contributed by atoms with Gasteiger partial charge in [0.05, 0.1) is 0 Å². The first-order valence-electron chi connectivity index (χ1n) is 7.45. The molecule has 0 saturated heterocycles. The van der Waals surface area contributed by atoms with Crippen LogP contribution in [0.5, 0.6) is 0 Å². The van der Waals surface area contributed by atoms with E-state index in [0.29, 0.717) is 6.04 Å². The van der Waals surface area contributed by atoms with Crippen molar-refractivity contribution in [2.24, 2.45) is 11.8 Å². The Morgan fingerprint density at radius 2 is 1.71 bits per heavy atom. The highest BCUT2D eigenvalue weighted by atomic mass is 16.5. The summed E-state index contributed by atoms with van der Waals surface area (Å²) in [6.45, 7) is 3.27. The first-order chi connectivity index (χ1) is 8.29. The fourth-order valence-electron chi connectivity index (χ4n) is 3.31. The summed E-state index contributed by atoms with van der Waals surface area (Å²) in [5.74, 6) is 1.61. The predicted molar refractivity (Wildman–Crippen MR) is 74.3 cm³/mol. The zero-order valence-corrected chi connectivity index (χ0v) is 12.0. The second kappa shape index (κ2) is 8.93. The summed E-state index contributed by atoms with van der Waals surface area (Å²) in [5, 5.41) is 3.57. The van der Waals surface area contributed by atoms with Crippen molar-refractivity contribution >= 4 is 0 Å². The molecule has 0 aromatic carbocycles. The van der Waals surface area contributed by atoms with Crippen LogP contribution in [0, 0.1) is 11.8 Å². The van der Waals surface area contributed by atoms with Gasteiger partial charge < -0.3 is 10.1 Å². The largest absolute Gasteiger partial charge is 0.385 e. The van der Waals surface area contributed by atoms with Gasteiger partial charge in [0, 0.05) is 19.8 Å². The molecule has 1 aliphatic carbocycles. The summed E-state index contributed by atoms with van der Waals surface area (Å²) in [6, 6.07) is 0.684. The van der Waals surface area contributed by atoms with Crippen molar-refractivity contribution in [1.29, 1.82) is 0 Å². The van der Waals surface area contributed by atoms with E-state index in [-0.39, 0.29) is 0 Å². The molecule has 2 heteroatoms. The lowest BCUT2D eigenvalue weighted by Gasteiger charge is -2.33. The molecule has 0 aromatic rings. The Labute approximate surface area is 108 Å². The Hall–Kier alpha value is -0.0800. The van der Waals surface area contributed by atoms with Gasteiger partial charge in [-0.25, -0.2) is 0 Å². The third-order valence-corrected chi connectivity index (χ3v) is 4.38. The van der Waals surface area contributed by atoms with Gasteiger partial charge in [-0.05, 0) is 38.1 Å². The van der Waals surface area contributed by atoms with Crippen molar-refractivity contribution in [3.63, 3.8) is 0 Å². The van der Waals surface area contributed by atoms with Crippen LogP contribution in [-0.2, 0) is 4.74 Å². The van der Waals surface area contributed by atoms with Crippen molar-refractivity contribution in [2.75, 3.05) is 20.8 Å². The van der Waals surface area contributed by atoms with Crippen molar-refractivity contribution in [2.45, 2.75) is 64.3 Å². The van der Waals surface area contributed by atoms with Crippen molar-refractivity contribution in [1.82, 2.24) is 5.32 Å². The van der Waals surface area contributed by atoms with Gasteiger partial charge in [-0.3, -0.25) is 0 Å². The smallest absolute Gasteiger partial charge is 0.0465 e. The highest BCUT2D eigenvalue weighted by molar-refractivity contribution is 4.81. The molecular formula is C15H31NO. The molecule has 0 heterocycles. The Morgan fingerprint density at radius 1 is 1.12 bits per heavy atom. The molecule has 1 N–H and O–H groups in total. The summed E-state index contributed by atoms with van der Waals surface area (Å²) in [5.41, 5.74) is 0. The lowest BCUT2D eigenvalue weighted by molar-refractivity contribution is 0.153. The van der Waals surface area contributed by atoms with E-state index in [9.17, 15) is 0 Å². The van der Waals surface area contributed by atoms with Crippen molar-refractivity contribution in [3.8, 4) is 0 Å². The number of ether oxygens (including phenoxy) is 1. The summed E-state index contributed by atoms with van der Waals surface area (Å²) in [4.78, 5) is 0. The summed E-state index contributed by atoms with van der Waals surface area (Å²) < 4.78 is 5.21. The number of rotatable bonds is 6. The summed E-state index contributed by atoms with van der Waals surface area (Å²) in [6.07, 6.45) is 11.2. The topological polar surface area (TPSA) is 21.3 Å². The standard InChI is InChI=1S/C15H31NO/c1-13(11-12-17-3)15(16-2)14-9-7-5-4-6-8-10-14/h13-16H,4-12H2,1-3H3.